The minimum Gasteiger partial charge on any atom is -0.316 e. The largest absolute Gasteiger partial charge is 0.316 e. The van der Waals surface area contributed by atoms with Gasteiger partial charge in [-0.2, -0.15) is 0 Å². The molecule has 0 amide bonds. The van der Waals surface area contributed by atoms with Gasteiger partial charge in [0.15, 0.2) is 0 Å². The van der Waals surface area contributed by atoms with Crippen LogP contribution in [0.1, 0.15) is 39.5 Å². The van der Waals surface area contributed by atoms with Crippen LogP contribution in [0.4, 0.5) is 0 Å². The van der Waals surface area contributed by atoms with E-state index in [1.165, 1.54) is 51.9 Å². The van der Waals surface area contributed by atoms with Gasteiger partial charge in [-0.05, 0) is 50.7 Å². The molecule has 0 radical (unpaired) electrons. The standard InChI is InChI=1S/C13H26N2/c1-3-13-6-4-5-7-15(13)10-11(2)12-8-14-9-12/h11-14H,3-10H2,1-2H3. The predicted octanol–water partition coefficient (Wildman–Crippen LogP) is 2.11. The van der Waals surface area contributed by atoms with E-state index in [1.54, 1.807) is 0 Å². The van der Waals surface area contributed by atoms with Crippen LogP contribution in [0.5, 0.6) is 0 Å². The third-order valence-corrected chi connectivity index (χ3v) is 4.36. The van der Waals surface area contributed by atoms with Crippen LogP contribution in [0.3, 0.4) is 0 Å². The molecule has 2 aliphatic rings. The van der Waals surface area contributed by atoms with Crippen LogP contribution in [0, 0.1) is 11.8 Å². The molecule has 2 heterocycles. The molecule has 2 rings (SSSR count). The van der Waals surface area contributed by atoms with Crippen LogP contribution in [0.15, 0.2) is 0 Å². The maximum absolute atomic E-state index is 3.39. The van der Waals surface area contributed by atoms with Crippen LogP contribution in [0.25, 0.3) is 0 Å². The number of nitrogens with one attached hydrogen (secondary N) is 1. The molecule has 2 aliphatic heterocycles. The van der Waals surface area contributed by atoms with Gasteiger partial charge in [-0.3, -0.25) is 0 Å². The molecule has 0 bridgehead atoms. The fraction of sp³-hybridized carbons (Fsp3) is 1.00. The lowest BCUT2D eigenvalue weighted by molar-refractivity contribution is 0.0971. The van der Waals surface area contributed by atoms with E-state index in [0.29, 0.717) is 0 Å². The minimum absolute atomic E-state index is 0.884. The minimum atomic E-state index is 0.884. The first-order valence-electron chi connectivity index (χ1n) is 6.76. The Morgan fingerprint density at radius 3 is 2.73 bits per heavy atom. The SMILES string of the molecule is CCC1CCCCN1CC(C)C1CNC1. The summed E-state index contributed by atoms with van der Waals surface area (Å²) in [5.41, 5.74) is 0. The second kappa shape index (κ2) is 5.31. The van der Waals surface area contributed by atoms with E-state index in [1.807, 2.05) is 0 Å². The first-order valence-corrected chi connectivity index (χ1v) is 6.76. The fourth-order valence-corrected chi connectivity index (χ4v) is 3.00. The van der Waals surface area contributed by atoms with Crippen molar-refractivity contribution in [3.63, 3.8) is 0 Å². The van der Waals surface area contributed by atoms with Gasteiger partial charge in [0.1, 0.15) is 0 Å². The molecule has 0 aromatic heterocycles. The zero-order valence-electron chi connectivity index (χ0n) is 10.3. The van der Waals surface area contributed by atoms with Gasteiger partial charge in [0.05, 0.1) is 0 Å². The first kappa shape index (κ1) is 11.4. The molecule has 2 heteroatoms. The Bertz CT molecular complexity index is 189. The van der Waals surface area contributed by atoms with Crippen molar-refractivity contribution in [2.45, 2.75) is 45.6 Å². The van der Waals surface area contributed by atoms with Crippen molar-refractivity contribution in [2.75, 3.05) is 26.2 Å². The molecule has 0 spiro atoms. The van der Waals surface area contributed by atoms with Gasteiger partial charge in [-0.1, -0.05) is 20.3 Å². The summed E-state index contributed by atoms with van der Waals surface area (Å²) in [4.78, 5) is 2.76. The Hall–Kier alpha value is -0.0800. The second-order valence-corrected chi connectivity index (χ2v) is 5.45. The number of likely N-dealkylation sites (tertiary alicyclic amines) is 1. The first-order chi connectivity index (χ1) is 7.31. The third kappa shape index (κ3) is 2.73. The van der Waals surface area contributed by atoms with Crippen molar-refractivity contribution in [1.29, 1.82) is 0 Å². The van der Waals surface area contributed by atoms with E-state index < -0.39 is 0 Å². The van der Waals surface area contributed by atoms with Crippen LogP contribution in [-0.4, -0.2) is 37.1 Å². The lowest BCUT2D eigenvalue weighted by atomic mass is 9.87. The van der Waals surface area contributed by atoms with Gasteiger partial charge < -0.3 is 10.2 Å². The fourth-order valence-electron chi connectivity index (χ4n) is 3.00. The summed E-state index contributed by atoms with van der Waals surface area (Å²) in [6, 6.07) is 0.884. The number of rotatable bonds is 4. The predicted molar refractivity (Wildman–Crippen MR) is 65.0 cm³/mol. The Labute approximate surface area is 94.4 Å². The van der Waals surface area contributed by atoms with Gasteiger partial charge in [-0.15, -0.1) is 0 Å². The molecule has 2 fully saturated rings. The third-order valence-electron chi connectivity index (χ3n) is 4.36. The Morgan fingerprint density at radius 1 is 1.33 bits per heavy atom. The zero-order chi connectivity index (χ0) is 10.7. The molecule has 0 aliphatic carbocycles. The van der Waals surface area contributed by atoms with Crippen molar-refractivity contribution in [1.82, 2.24) is 10.2 Å². The molecule has 15 heavy (non-hydrogen) atoms. The smallest absolute Gasteiger partial charge is 0.00927 e. The number of piperidine rings is 1. The molecule has 0 aromatic carbocycles. The molecule has 88 valence electrons. The lowest BCUT2D eigenvalue weighted by Gasteiger charge is -2.40. The van der Waals surface area contributed by atoms with Crippen molar-refractivity contribution >= 4 is 0 Å². The average Bonchev–Trinajstić information content (AvgIpc) is 2.15. The van der Waals surface area contributed by atoms with Crippen LogP contribution in [-0.2, 0) is 0 Å². The van der Waals surface area contributed by atoms with E-state index in [-0.39, 0.29) is 0 Å². The molecule has 0 aromatic rings. The highest BCUT2D eigenvalue weighted by Gasteiger charge is 2.28. The zero-order valence-corrected chi connectivity index (χ0v) is 10.3. The van der Waals surface area contributed by atoms with Crippen LogP contribution < -0.4 is 5.32 Å². The monoisotopic (exact) mass is 210 g/mol. The van der Waals surface area contributed by atoms with Crippen LogP contribution >= 0.6 is 0 Å². The highest BCUT2D eigenvalue weighted by atomic mass is 15.2. The van der Waals surface area contributed by atoms with Gasteiger partial charge in [-0.25, -0.2) is 0 Å². The summed E-state index contributed by atoms with van der Waals surface area (Å²) < 4.78 is 0. The van der Waals surface area contributed by atoms with Gasteiger partial charge in [0.25, 0.3) is 0 Å². The summed E-state index contributed by atoms with van der Waals surface area (Å²) in [6.07, 6.45) is 5.66. The van der Waals surface area contributed by atoms with Crippen molar-refractivity contribution < 1.29 is 0 Å². The van der Waals surface area contributed by atoms with E-state index >= 15 is 0 Å². The quantitative estimate of drug-likeness (QED) is 0.764. The second-order valence-electron chi connectivity index (χ2n) is 5.45. The summed E-state index contributed by atoms with van der Waals surface area (Å²) >= 11 is 0. The van der Waals surface area contributed by atoms with Crippen molar-refractivity contribution in [3.8, 4) is 0 Å². The van der Waals surface area contributed by atoms with Gasteiger partial charge >= 0.3 is 0 Å². The molecule has 2 nitrogen and oxygen atoms in total. The maximum atomic E-state index is 3.39. The van der Waals surface area contributed by atoms with Crippen molar-refractivity contribution in [3.05, 3.63) is 0 Å². The Morgan fingerprint density at radius 2 is 2.13 bits per heavy atom. The molecule has 2 atom stereocenters. The Balaban J connectivity index is 1.79. The van der Waals surface area contributed by atoms with E-state index in [2.05, 4.69) is 24.1 Å². The number of nitrogens with zero attached hydrogens (tertiary/aromatic N) is 1. The normalized spacial score (nSPS) is 31.2. The molecule has 1 N–H and O–H groups in total. The van der Waals surface area contributed by atoms with E-state index in [0.717, 1.165) is 17.9 Å². The Kier molecular flexibility index (Phi) is 4.04. The topological polar surface area (TPSA) is 15.3 Å². The summed E-state index contributed by atoms with van der Waals surface area (Å²) in [7, 11) is 0. The van der Waals surface area contributed by atoms with Gasteiger partial charge in [0.2, 0.25) is 0 Å². The van der Waals surface area contributed by atoms with Gasteiger partial charge in [0, 0.05) is 12.6 Å². The van der Waals surface area contributed by atoms with Crippen LogP contribution in [0.2, 0.25) is 0 Å². The molecule has 2 unspecified atom stereocenters. The molecule has 0 saturated carbocycles. The summed E-state index contributed by atoms with van der Waals surface area (Å²) in [6.45, 7) is 9.98. The highest BCUT2D eigenvalue weighted by Crippen LogP contribution is 2.24. The number of hydrogen-bond donors (Lipinski definition) is 1. The molecular weight excluding hydrogens is 184 g/mol. The number of hydrogen-bond acceptors (Lipinski definition) is 2. The lowest BCUT2D eigenvalue weighted by Crippen LogP contribution is -2.50. The summed E-state index contributed by atoms with van der Waals surface area (Å²) in [5, 5.41) is 3.39. The molecular formula is C13H26N2. The van der Waals surface area contributed by atoms with E-state index in [9.17, 15) is 0 Å². The molecule has 2 saturated heterocycles. The van der Waals surface area contributed by atoms with E-state index in [4.69, 9.17) is 0 Å². The average molecular weight is 210 g/mol. The maximum Gasteiger partial charge on any atom is 0.00927 e. The highest BCUT2D eigenvalue weighted by molar-refractivity contribution is 4.84. The van der Waals surface area contributed by atoms with Crippen molar-refractivity contribution in [2.24, 2.45) is 11.8 Å². The summed E-state index contributed by atoms with van der Waals surface area (Å²) in [5.74, 6) is 1.84.